The highest BCUT2D eigenvalue weighted by atomic mass is 32.2. The molecule has 54 heavy (non-hydrogen) atoms. The van der Waals surface area contributed by atoms with Gasteiger partial charge in [-0.05, 0) is 97.6 Å². The number of esters is 2. The van der Waals surface area contributed by atoms with Crippen LogP contribution in [-0.4, -0.2) is 62.8 Å². The average molecular weight is 774 g/mol. The number of halogens is 3. The maximum Gasteiger partial charge on any atom is 0.416 e. The van der Waals surface area contributed by atoms with Crippen LogP contribution in [0.25, 0.3) is 0 Å². The van der Waals surface area contributed by atoms with Crippen LogP contribution in [0.1, 0.15) is 125 Å². The zero-order chi connectivity index (χ0) is 38.7. The second kappa shape index (κ2) is 14.4. The number of fused-ring (bicyclic) bond motifs is 3. The summed E-state index contributed by atoms with van der Waals surface area (Å²) in [6.07, 6.45) is 5.30. The Hall–Kier alpha value is -3.12. The van der Waals surface area contributed by atoms with Crippen molar-refractivity contribution in [3.63, 3.8) is 0 Å². The molecular formula is C42H54F3NO7S. The summed E-state index contributed by atoms with van der Waals surface area (Å²) in [4.78, 5) is 29.5. The number of nitrogens with zero attached hydrogens (tertiary/aromatic N) is 1. The minimum Gasteiger partial charge on any atom is -0.497 e. The van der Waals surface area contributed by atoms with E-state index in [4.69, 9.17) is 14.2 Å². The maximum atomic E-state index is 15.2. The predicted molar refractivity (Wildman–Crippen MR) is 197 cm³/mol. The first-order valence-corrected chi connectivity index (χ1v) is 21.4. The lowest BCUT2D eigenvalue weighted by atomic mass is 9.69. The molecule has 5 atom stereocenters. The third kappa shape index (κ3) is 6.25. The molecule has 0 unspecified atom stereocenters. The van der Waals surface area contributed by atoms with Gasteiger partial charge in [-0.25, -0.2) is 8.42 Å². The van der Waals surface area contributed by atoms with Gasteiger partial charge in [0.05, 0.1) is 25.5 Å². The van der Waals surface area contributed by atoms with Crippen LogP contribution in [-0.2, 0) is 47.1 Å². The molecule has 0 radical (unpaired) electrons. The molecular weight excluding hydrogens is 720 g/mol. The van der Waals surface area contributed by atoms with Gasteiger partial charge in [0, 0.05) is 23.4 Å². The van der Waals surface area contributed by atoms with Crippen LogP contribution in [0, 0.1) is 16.7 Å². The fraction of sp³-hybridized carbons (Fsp3) is 0.667. The summed E-state index contributed by atoms with van der Waals surface area (Å²) in [7, 11) is -1.25. The summed E-state index contributed by atoms with van der Waals surface area (Å²) < 4.78 is 92.8. The van der Waals surface area contributed by atoms with Gasteiger partial charge in [-0.15, -0.1) is 0 Å². The van der Waals surface area contributed by atoms with E-state index in [1.165, 1.54) is 19.2 Å². The van der Waals surface area contributed by atoms with Crippen molar-refractivity contribution < 1.29 is 45.4 Å². The molecule has 0 amide bonds. The fourth-order valence-corrected chi connectivity index (χ4v) is 14.3. The van der Waals surface area contributed by atoms with Crippen LogP contribution in [0.5, 0.6) is 5.75 Å². The summed E-state index contributed by atoms with van der Waals surface area (Å²) in [5.41, 5.74) is -4.50. The lowest BCUT2D eigenvalue weighted by molar-refractivity contribution is -0.173. The van der Waals surface area contributed by atoms with E-state index >= 15 is 13.2 Å². The minimum atomic E-state index is -4.75. The molecule has 5 aliphatic carbocycles. The normalized spacial score (nSPS) is 30.0. The summed E-state index contributed by atoms with van der Waals surface area (Å²) in [6, 6.07) is 10.0. The van der Waals surface area contributed by atoms with Crippen molar-refractivity contribution in [3.05, 3.63) is 64.7 Å². The van der Waals surface area contributed by atoms with Crippen LogP contribution in [0.3, 0.4) is 0 Å². The Balaban J connectivity index is 1.31. The SMILES string of the molecule is COC(=O)[C@@]1(C(=O)O[C@H]2C[C@@H]3CC[C@@]2(CS(=O)(=O)N(C2CCCCC2)C2CCCCC2)C3(C)C)c2cccc(C(F)(F)F)c2C[C@H]1c1ccc(OC)cc1. The van der Waals surface area contributed by atoms with E-state index in [1.807, 2.05) is 4.31 Å². The van der Waals surface area contributed by atoms with Gasteiger partial charge in [0.25, 0.3) is 0 Å². The van der Waals surface area contributed by atoms with Crippen LogP contribution in [0.15, 0.2) is 42.5 Å². The summed E-state index contributed by atoms with van der Waals surface area (Å²) in [5.74, 6) is -2.75. The number of hydrogen-bond acceptors (Lipinski definition) is 7. The summed E-state index contributed by atoms with van der Waals surface area (Å²) in [5, 5.41) is 0. The fourth-order valence-electron chi connectivity index (χ4n) is 11.5. The van der Waals surface area contributed by atoms with Crippen molar-refractivity contribution in [2.45, 2.75) is 139 Å². The van der Waals surface area contributed by atoms with Gasteiger partial charge >= 0.3 is 18.1 Å². The number of rotatable bonds is 10. The first-order valence-electron chi connectivity index (χ1n) is 19.8. The van der Waals surface area contributed by atoms with E-state index in [9.17, 15) is 18.0 Å². The molecule has 296 valence electrons. The molecule has 2 aromatic carbocycles. The van der Waals surface area contributed by atoms with Gasteiger partial charge in [-0.1, -0.05) is 76.6 Å². The molecule has 4 saturated carbocycles. The van der Waals surface area contributed by atoms with E-state index in [1.54, 1.807) is 24.3 Å². The highest BCUT2D eigenvalue weighted by Gasteiger charge is 2.69. The van der Waals surface area contributed by atoms with Gasteiger partial charge in [-0.2, -0.15) is 17.5 Å². The predicted octanol–water partition coefficient (Wildman–Crippen LogP) is 8.50. The number of sulfonamides is 1. The molecule has 2 bridgehead atoms. The van der Waals surface area contributed by atoms with Crippen LogP contribution >= 0.6 is 0 Å². The smallest absolute Gasteiger partial charge is 0.416 e. The lowest BCUT2D eigenvalue weighted by Gasteiger charge is -2.46. The van der Waals surface area contributed by atoms with Crippen LogP contribution < -0.4 is 4.74 Å². The molecule has 5 aliphatic rings. The van der Waals surface area contributed by atoms with Gasteiger partial charge in [0.2, 0.25) is 10.0 Å². The number of hydrogen-bond donors (Lipinski definition) is 0. The minimum absolute atomic E-state index is 0.0578. The number of ether oxygens (including phenoxy) is 3. The number of carbonyl (C=O) groups excluding carboxylic acids is 2. The number of alkyl halides is 3. The van der Waals surface area contributed by atoms with E-state index in [0.29, 0.717) is 24.2 Å². The zero-order valence-electron chi connectivity index (χ0n) is 31.9. The zero-order valence-corrected chi connectivity index (χ0v) is 32.7. The Morgan fingerprint density at radius 2 is 1.46 bits per heavy atom. The molecule has 0 saturated heterocycles. The van der Waals surface area contributed by atoms with E-state index in [2.05, 4.69) is 13.8 Å². The van der Waals surface area contributed by atoms with Crippen molar-refractivity contribution in [2.24, 2.45) is 16.7 Å². The number of carbonyl (C=O) groups is 2. The van der Waals surface area contributed by atoms with E-state index in [0.717, 1.165) is 83.8 Å². The molecule has 7 rings (SSSR count). The molecule has 0 aromatic heterocycles. The molecule has 8 nitrogen and oxygen atoms in total. The monoisotopic (exact) mass is 773 g/mol. The maximum absolute atomic E-state index is 15.2. The van der Waals surface area contributed by atoms with Gasteiger partial charge < -0.3 is 14.2 Å². The Labute approximate surface area is 317 Å². The quantitative estimate of drug-likeness (QED) is 0.176. The van der Waals surface area contributed by atoms with Crippen molar-refractivity contribution in [2.75, 3.05) is 20.0 Å². The Morgan fingerprint density at radius 3 is 2.00 bits per heavy atom. The molecule has 4 fully saturated rings. The highest BCUT2D eigenvalue weighted by Crippen LogP contribution is 2.68. The van der Waals surface area contributed by atoms with Crippen molar-refractivity contribution in [1.29, 1.82) is 0 Å². The second-order valence-corrected chi connectivity index (χ2v) is 18.9. The Morgan fingerprint density at radius 1 is 0.852 bits per heavy atom. The second-order valence-electron chi connectivity index (χ2n) is 17.1. The van der Waals surface area contributed by atoms with Crippen molar-refractivity contribution >= 4 is 22.0 Å². The van der Waals surface area contributed by atoms with Crippen LogP contribution in [0.4, 0.5) is 13.2 Å². The highest BCUT2D eigenvalue weighted by molar-refractivity contribution is 7.89. The van der Waals surface area contributed by atoms with Crippen LogP contribution in [0.2, 0.25) is 0 Å². The Kier molecular flexibility index (Phi) is 10.5. The van der Waals surface area contributed by atoms with Crippen molar-refractivity contribution in [3.8, 4) is 5.75 Å². The first-order chi connectivity index (χ1) is 25.6. The standard InChI is InChI=1S/C42H54F3NO7S/c1-39(2)28-22-23-40(39,26-54(49,50)46(29-12-7-5-8-13-29)30-14-9-6-10-15-30)36(24-28)53-38(48)41(37(47)52-4)33-16-11-17-34(42(43,44)45)32(33)25-35(41)27-18-20-31(51-3)21-19-27/h11,16-21,28-30,35-36H,5-10,12-15,22-26H2,1-4H3/t28-,35-,36-,40-,41+/m0/s1. The number of benzene rings is 2. The lowest BCUT2D eigenvalue weighted by Crippen LogP contribution is -2.56. The molecule has 0 aliphatic heterocycles. The summed E-state index contributed by atoms with van der Waals surface area (Å²) in [6.45, 7) is 4.13. The summed E-state index contributed by atoms with van der Waals surface area (Å²) >= 11 is 0. The molecule has 0 N–H and O–H groups in total. The van der Waals surface area contributed by atoms with E-state index < -0.39 is 62.0 Å². The third-order valence-corrected chi connectivity index (χ3v) is 16.5. The average Bonchev–Trinajstić information content (AvgIpc) is 3.69. The largest absolute Gasteiger partial charge is 0.497 e. The molecule has 2 aromatic rings. The van der Waals surface area contributed by atoms with Crippen molar-refractivity contribution in [1.82, 2.24) is 4.31 Å². The molecule has 12 heteroatoms. The number of methoxy groups -OCH3 is 2. The van der Waals surface area contributed by atoms with Gasteiger partial charge in [0.1, 0.15) is 11.9 Å². The van der Waals surface area contributed by atoms with E-state index in [-0.39, 0.29) is 41.3 Å². The first kappa shape index (κ1) is 39.1. The molecule has 0 heterocycles. The van der Waals surface area contributed by atoms with Gasteiger partial charge in [0.15, 0.2) is 5.41 Å². The molecule has 0 spiro atoms. The van der Waals surface area contributed by atoms with Gasteiger partial charge in [-0.3, -0.25) is 9.59 Å². The third-order valence-electron chi connectivity index (χ3n) is 14.4. The topological polar surface area (TPSA) is 99.2 Å². The Bertz CT molecular complexity index is 1820.